The Bertz CT molecular complexity index is 1030. The fourth-order valence-electron chi connectivity index (χ4n) is 4.54. The first-order valence-corrected chi connectivity index (χ1v) is 9.89. The molecule has 4 nitrogen and oxygen atoms in total. The number of cyclic esters (lactones) is 1. The first kappa shape index (κ1) is 17.4. The van der Waals surface area contributed by atoms with E-state index in [0.717, 1.165) is 37.1 Å². The normalized spacial score (nSPS) is 20.3. The molecule has 28 heavy (non-hydrogen) atoms. The van der Waals surface area contributed by atoms with Crippen molar-refractivity contribution in [3.8, 4) is 0 Å². The molecule has 2 aliphatic heterocycles. The van der Waals surface area contributed by atoms with E-state index in [9.17, 15) is 4.79 Å². The van der Waals surface area contributed by atoms with Crippen molar-refractivity contribution in [3.05, 3.63) is 82.9 Å². The molecule has 0 amide bonds. The van der Waals surface area contributed by atoms with Gasteiger partial charge in [-0.15, -0.1) is 0 Å². The zero-order chi connectivity index (χ0) is 19.1. The van der Waals surface area contributed by atoms with Crippen molar-refractivity contribution >= 4 is 16.7 Å². The summed E-state index contributed by atoms with van der Waals surface area (Å²) in [6, 6.07) is 21.5. The minimum atomic E-state index is -0.209. The average Bonchev–Trinajstić information content (AvgIpc) is 2.74. The molecule has 1 atom stereocenters. The van der Waals surface area contributed by atoms with Crippen LogP contribution in [0.5, 0.6) is 0 Å². The van der Waals surface area contributed by atoms with Crippen LogP contribution in [0.1, 0.15) is 33.1 Å². The molecule has 5 rings (SSSR count). The van der Waals surface area contributed by atoms with Crippen LogP contribution in [-0.2, 0) is 17.9 Å². The highest BCUT2D eigenvalue weighted by atomic mass is 16.5. The molecule has 3 aromatic carbocycles. The Morgan fingerprint density at radius 1 is 1.00 bits per heavy atom. The molecule has 0 bridgehead atoms. The highest BCUT2D eigenvalue weighted by molar-refractivity contribution is 6.08. The highest BCUT2D eigenvalue weighted by Crippen LogP contribution is 2.32. The Morgan fingerprint density at radius 2 is 1.86 bits per heavy atom. The number of benzene rings is 3. The lowest BCUT2D eigenvalue weighted by Crippen LogP contribution is -2.46. The van der Waals surface area contributed by atoms with E-state index < -0.39 is 0 Å². The number of ether oxygens (including phenoxy) is 1. The summed E-state index contributed by atoms with van der Waals surface area (Å²) in [6.07, 6.45) is 0. The van der Waals surface area contributed by atoms with Gasteiger partial charge < -0.3 is 4.74 Å². The first-order chi connectivity index (χ1) is 13.7. The third-order valence-electron chi connectivity index (χ3n) is 6.11. The average molecular weight is 372 g/mol. The Kier molecular flexibility index (Phi) is 4.38. The van der Waals surface area contributed by atoms with Gasteiger partial charge >= 0.3 is 5.97 Å². The zero-order valence-electron chi connectivity index (χ0n) is 16.1. The van der Waals surface area contributed by atoms with E-state index >= 15 is 0 Å². The molecule has 0 N–H and O–H groups in total. The number of carbonyl (C=O) groups excluding carboxylic acids is 1. The van der Waals surface area contributed by atoms with Gasteiger partial charge in [0.1, 0.15) is 6.61 Å². The number of hydrogen-bond acceptors (Lipinski definition) is 4. The van der Waals surface area contributed by atoms with E-state index in [0.29, 0.717) is 18.2 Å². The second-order valence-electron chi connectivity index (χ2n) is 7.83. The number of likely N-dealkylation sites (N-methyl/N-ethyl adjacent to an activating group) is 1. The van der Waals surface area contributed by atoms with Crippen molar-refractivity contribution in [1.82, 2.24) is 9.80 Å². The lowest BCUT2D eigenvalue weighted by Gasteiger charge is -2.40. The molecule has 2 heterocycles. The van der Waals surface area contributed by atoms with Gasteiger partial charge in [0.05, 0.1) is 5.56 Å². The molecule has 0 spiro atoms. The summed E-state index contributed by atoms with van der Waals surface area (Å²) in [5, 5.41) is 2.26. The van der Waals surface area contributed by atoms with E-state index in [1.54, 1.807) is 0 Å². The van der Waals surface area contributed by atoms with Gasteiger partial charge in [-0.05, 0) is 35.2 Å². The number of esters is 1. The number of piperazine rings is 1. The quantitative estimate of drug-likeness (QED) is 0.651. The van der Waals surface area contributed by atoms with E-state index in [1.165, 1.54) is 16.5 Å². The molecular formula is C24H24N2O2. The zero-order valence-corrected chi connectivity index (χ0v) is 16.1. The summed E-state index contributed by atoms with van der Waals surface area (Å²) in [4.78, 5) is 17.1. The van der Waals surface area contributed by atoms with Crippen LogP contribution in [0, 0.1) is 0 Å². The van der Waals surface area contributed by atoms with Gasteiger partial charge in [-0.3, -0.25) is 9.80 Å². The summed E-state index contributed by atoms with van der Waals surface area (Å²) >= 11 is 0. The Balaban J connectivity index is 1.45. The molecule has 142 valence electrons. The molecule has 4 heteroatoms. The maximum Gasteiger partial charge on any atom is 0.339 e. The molecular weight excluding hydrogens is 348 g/mol. The van der Waals surface area contributed by atoms with E-state index in [-0.39, 0.29) is 5.97 Å². The Morgan fingerprint density at radius 3 is 2.71 bits per heavy atom. The predicted octanol–water partition coefficient (Wildman–Crippen LogP) is 4.00. The number of rotatable bonds is 3. The van der Waals surface area contributed by atoms with Gasteiger partial charge in [0, 0.05) is 37.6 Å². The molecule has 1 unspecified atom stereocenters. The van der Waals surface area contributed by atoms with Gasteiger partial charge in [0.2, 0.25) is 0 Å². The standard InChI is InChI=1S/C24H24N2O2/c1-25-12-13-26(15-22(25)17-6-3-2-4-7-17)14-18-10-11-19-16-28-24(27)21-9-5-8-20(18)23(19)21/h2-11,22H,12-16H2,1H3. The molecule has 0 saturated carbocycles. The van der Waals surface area contributed by atoms with Crippen LogP contribution in [-0.4, -0.2) is 42.5 Å². The summed E-state index contributed by atoms with van der Waals surface area (Å²) in [6.45, 7) is 4.37. The summed E-state index contributed by atoms with van der Waals surface area (Å²) in [5.41, 5.74) is 4.46. The second-order valence-corrected chi connectivity index (χ2v) is 7.83. The first-order valence-electron chi connectivity index (χ1n) is 9.89. The van der Waals surface area contributed by atoms with Crippen molar-refractivity contribution in [1.29, 1.82) is 0 Å². The van der Waals surface area contributed by atoms with Crippen LogP contribution in [0.4, 0.5) is 0 Å². The largest absolute Gasteiger partial charge is 0.457 e. The van der Waals surface area contributed by atoms with Crippen LogP contribution in [0.25, 0.3) is 10.8 Å². The van der Waals surface area contributed by atoms with Crippen LogP contribution in [0.15, 0.2) is 60.7 Å². The third-order valence-corrected chi connectivity index (χ3v) is 6.11. The minimum Gasteiger partial charge on any atom is -0.457 e. The fraction of sp³-hybridized carbons (Fsp3) is 0.292. The highest BCUT2D eigenvalue weighted by Gasteiger charge is 2.27. The molecule has 0 aromatic heterocycles. The fourth-order valence-corrected chi connectivity index (χ4v) is 4.54. The molecule has 1 saturated heterocycles. The third kappa shape index (κ3) is 2.99. The molecule has 1 fully saturated rings. The van der Waals surface area contributed by atoms with Crippen molar-refractivity contribution in [2.75, 3.05) is 26.7 Å². The monoisotopic (exact) mass is 372 g/mol. The maximum absolute atomic E-state index is 12.2. The van der Waals surface area contributed by atoms with Crippen LogP contribution < -0.4 is 0 Å². The predicted molar refractivity (Wildman–Crippen MR) is 110 cm³/mol. The number of carbonyl (C=O) groups is 1. The van der Waals surface area contributed by atoms with Gasteiger partial charge in [0.25, 0.3) is 0 Å². The SMILES string of the molecule is CN1CCN(Cc2ccc3c4c(cccc24)C(=O)OC3)CC1c1ccccc1. The van der Waals surface area contributed by atoms with E-state index in [2.05, 4.69) is 65.4 Å². The van der Waals surface area contributed by atoms with Gasteiger partial charge in [-0.1, -0.05) is 54.6 Å². The molecule has 2 aliphatic rings. The lowest BCUT2D eigenvalue weighted by molar-refractivity contribution is 0.0463. The van der Waals surface area contributed by atoms with Crippen LogP contribution in [0.2, 0.25) is 0 Å². The van der Waals surface area contributed by atoms with Crippen molar-refractivity contribution < 1.29 is 9.53 Å². The Labute approximate surface area is 165 Å². The molecule has 0 aliphatic carbocycles. The summed E-state index contributed by atoms with van der Waals surface area (Å²) in [7, 11) is 2.21. The van der Waals surface area contributed by atoms with Crippen LogP contribution in [0.3, 0.4) is 0 Å². The summed E-state index contributed by atoms with van der Waals surface area (Å²) < 4.78 is 5.30. The molecule has 3 aromatic rings. The smallest absolute Gasteiger partial charge is 0.339 e. The van der Waals surface area contributed by atoms with Gasteiger partial charge in [-0.25, -0.2) is 4.79 Å². The van der Waals surface area contributed by atoms with Crippen molar-refractivity contribution in [3.63, 3.8) is 0 Å². The van der Waals surface area contributed by atoms with Crippen LogP contribution >= 0.6 is 0 Å². The van der Waals surface area contributed by atoms with Crippen molar-refractivity contribution in [2.45, 2.75) is 19.2 Å². The topological polar surface area (TPSA) is 32.8 Å². The van der Waals surface area contributed by atoms with E-state index in [1.807, 2.05) is 12.1 Å². The van der Waals surface area contributed by atoms with Gasteiger partial charge in [-0.2, -0.15) is 0 Å². The lowest BCUT2D eigenvalue weighted by atomic mass is 9.93. The number of hydrogen-bond donors (Lipinski definition) is 0. The molecule has 0 radical (unpaired) electrons. The van der Waals surface area contributed by atoms with E-state index in [4.69, 9.17) is 4.74 Å². The Hall–Kier alpha value is -2.69. The minimum absolute atomic E-state index is 0.209. The van der Waals surface area contributed by atoms with Crippen molar-refractivity contribution in [2.24, 2.45) is 0 Å². The maximum atomic E-state index is 12.2. The second kappa shape index (κ2) is 7.04. The number of nitrogens with zero attached hydrogens (tertiary/aromatic N) is 2. The van der Waals surface area contributed by atoms with Gasteiger partial charge in [0.15, 0.2) is 0 Å². The summed E-state index contributed by atoms with van der Waals surface area (Å²) in [5.74, 6) is -0.209.